The van der Waals surface area contributed by atoms with Crippen LogP contribution in [0.2, 0.25) is 0 Å². The van der Waals surface area contributed by atoms with Crippen molar-refractivity contribution in [3.8, 4) is 0 Å². The Morgan fingerprint density at radius 2 is 2.43 bits per heavy atom. The van der Waals surface area contributed by atoms with E-state index in [1.807, 2.05) is 0 Å². The summed E-state index contributed by atoms with van der Waals surface area (Å²) in [4.78, 5) is 10.3. The molecule has 1 aliphatic carbocycles. The number of nitrogens with zero attached hydrogens (tertiary/aromatic N) is 1. The molecule has 0 amide bonds. The van der Waals surface area contributed by atoms with E-state index in [-0.39, 0.29) is 9.92 Å². The average molecular weight is 212 g/mol. The SMILES string of the molecule is CC1(CNc2ccsc2[N+](=O)[O-])CC1. The van der Waals surface area contributed by atoms with Crippen LogP contribution in [0.15, 0.2) is 11.4 Å². The van der Waals surface area contributed by atoms with Crippen molar-refractivity contribution in [1.82, 2.24) is 0 Å². The normalized spacial score (nSPS) is 17.8. The van der Waals surface area contributed by atoms with Crippen molar-refractivity contribution in [2.24, 2.45) is 5.41 Å². The highest BCUT2D eigenvalue weighted by Gasteiger charge is 2.37. The van der Waals surface area contributed by atoms with Gasteiger partial charge in [0.05, 0.1) is 4.92 Å². The van der Waals surface area contributed by atoms with Gasteiger partial charge in [-0.25, -0.2) is 0 Å². The molecule has 5 heteroatoms. The zero-order chi connectivity index (χ0) is 10.2. The lowest BCUT2D eigenvalue weighted by molar-refractivity contribution is -0.379. The lowest BCUT2D eigenvalue weighted by Crippen LogP contribution is -2.11. The fourth-order valence-corrected chi connectivity index (χ4v) is 1.96. The van der Waals surface area contributed by atoms with Gasteiger partial charge in [-0.15, -0.1) is 0 Å². The molecule has 4 nitrogen and oxygen atoms in total. The molecule has 0 saturated heterocycles. The van der Waals surface area contributed by atoms with Crippen LogP contribution in [-0.4, -0.2) is 11.5 Å². The summed E-state index contributed by atoms with van der Waals surface area (Å²) in [7, 11) is 0. The first-order valence-electron chi connectivity index (χ1n) is 4.56. The summed E-state index contributed by atoms with van der Waals surface area (Å²) in [6.07, 6.45) is 2.44. The van der Waals surface area contributed by atoms with Gasteiger partial charge in [0.2, 0.25) is 0 Å². The van der Waals surface area contributed by atoms with E-state index in [0.717, 1.165) is 6.54 Å². The Labute approximate surface area is 86.1 Å². The first kappa shape index (κ1) is 9.45. The minimum absolute atomic E-state index is 0.217. The predicted molar refractivity (Wildman–Crippen MR) is 56.8 cm³/mol. The summed E-state index contributed by atoms with van der Waals surface area (Å²) in [5.74, 6) is 0. The average Bonchev–Trinajstić information content (AvgIpc) is 2.68. The number of nitrogens with one attached hydrogen (secondary N) is 1. The second kappa shape index (κ2) is 3.24. The molecule has 0 bridgehead atoms. The van der Waals surface area contributed by atoms with E-state index < -0.39 is 0 Å². The molecule has 1 heterocycles. The van der Waals surface area contributed by atoms with E-state index in [4.69, 9.17) is 0 Å². The molecule has 0 atom stereocenters. The summed E-state index contributed by atoms with van der Waals surface area (Å²) in [5.41, 5.74) is 1.03. The standard InChI is InChI=1S/C9H12N2O2S/c1-9(3-4-9)6-10-7-2-5-14-8(7)11(12)13/h2,5,10H,3-4,6H2,1H3. The minimum atomic E-state index is -0.331. The molecular formula is C9H12N2O2S. The van der Waals surface area contributed by atoms with Gasteiger partial charge in [-0.2, -0.15) is 0 Å². The molecule has 1 saturated carbocycles. The van der Waals surface area contributed by atoms with Crippen molar-refractivity contribution in [1.29, 1.82) is 0 Å². The Morgan fingerprint density at radius 3 is 3.00 bits per heavy atom. The number of nitro groups is 1. The highest BCUT2D eigenvalue weighted by Crippen LogP contribution is 2.45. The Kier molecular flexibility index (Phi) is 2.19. The maximum atomic E-state index is 10.6. The van der Waals surface area contributed by atoms with Crippen LogP contribution in [0.5, 0.6) is 0 Å². The molecular weight excluding hydrogens is 200 g/mol. The number of hydrogen-bond acceptors (Lipinski definition) is 4. The maximum Gasteiger partial charge on any atom is 0.347 e. The molecule has 0 aliphatic heterocycles. The number of hydrogen-bond donors (Lipinski definition) is 1. The molecule has 1 N–H and O–H groups in total. The van der Waals surface area contributed by atoms with Crippen LogP contribution in [0.3, 0.4) is 0 Å². The lowest BCUT2D eigenvalue weighted by atomic mass is 10.1. The third-order valence-electron chi connectivity index (χ3n) is 2.62. The monoisotopic (exact) mass is 212 g/mol. The summed E-state index contributed by atoms with van der Waals surface area (Å²) in [6, 6.07) is 1.77. The van der Waals surface area contributed by atoms with E-state index in [2.05, 4.69) is 12.2 Å². The Hall–Kier alpha value is -1.10. The molecule has 1 aromatic heterocycles. The van der Waals surface area contributed by atoms with E-state index in [9.17, 15) is 10.1 Å². The van der Waals surface area contributed by atoms with E-state index >= 15 is 0 Å². The summed E-state index contributed by atoms with van der Waals surface area (Å²) in [5, 5.41) is 15.7. The van der Waals surface area contributed by atoms with Crippen LogP contribution < -0.4 is 5.32 Å². The second-order valence-corrected chi connectivity index (χ2v) is 4.96. The van der Waals surface area contributed by atoms with Crippen LogP contribution in [-0.2, 0) is 0 Å². The van der Waals surface area contributed by atoms with Gasteiger partial charge in [0, 0.05) is 6.54 Å². The first-order valence-corrected chi connectivity index (χ1v) is 5.44. The predicted octanol–water partition coefficient (Wildman–Crippen LogP) is 2.87. The molecule has 1 fully saturated rings. The van der Waals surface area contributed by atoms with Gasteiger partial charge < -0.3 is 5.32 Å². The Balaban J connectivity index is 2.01. The molecule has 0 unspecified atom stereocenters. The minimum Gasteiger partial charge on any atom is -0.378 e. The van der Waals surface area contributed by atoms with Gasteiger partial charge in [0.25, 0.3) is 0 Å². The maximum absolute atomic E-state index is 10.6. The number of anilines is 1. The van der Waals surface area contributed by atoms with Gasteiger partial charge in [0.1, 0.15) is 5.69 Å². The van der Waals surface area contributed by atoms with Crippen molar-refractivity contribution in [3.05, 3.63) is 21.6 Å². The highest BCUT2D eigenvalue weighted by molar-refractivity contribution is 7.14. The molecule has 1 aliphatic rings. The summed E-state index contributed by atoms with van der Waals surface area (Å²) >= 11 is 1.17. The van der Waals surface area contributed by atoms with E-state index in [1.54, 1.807) is 11.4 Å². The van der Waals surface area contributed by atoms with Crippen molar-refractivity contribution in [3.63, 3.8) is 0 Å². The van der Waals surface area contributed by atoms with Crippen LogP contribution in [0, 0.1) is 15.5 Å². The van der Waals surface area contributed by atoms with Crippen molar-refractivity contribution in [2.45, 2.75) is 19.8 Å². The third kappa shape index (κ3) is 1.87. The van der Waals surface area contributed by atoms with Crippen molar-refractivity contribution < 1.29 is 4.92 Å². The van der Waals surface area contributed by atoms with Gasteiger partial charge in [0.15, 0.2) is 0 Å². The number of thiophene rings is 1. The summed E-state index contributed by atoms with van der Waals surface area (Å²) < 4.78 is 0. The zero-order valence-corrected chi connectivity index (χ0v) is 8.76. The van der Waals surface area contributed by atoms with E-state index in [0.29, 0.717) is 11.1 Å². The molecule has 0 aromatic carbocycles. The van der Waals surface area contributed by atoms with Crippen LogP contribution >= 0.6 is 11.3 Å². The van der Waals surface area contributed by atoms with Gasteiger partial charge in [-0.1, -0.05) is 18.3 Å². The van der Waals surface area contributed by atoms with Gasteiger partial charge in [-0.05, 0) is 29.7 Å². The third-order valence-corrected chi connectivity index (χ3v) is 3.48. The fraction of sp³-hybridized carbons (Fsp3) is 0.556. The molecule has 2 rings (SSSR count). The van der Waals surface area contributed by atoms with Crippen LogP contribution in [0.25, 0.3) is 0 Å². The number of rotatable bonds is 4. The quantitative estimate of drug-likeness (QED) is 0.616. The van der Waals surface area contributed by atoms with Gasteiger partial charge in [-0.3, -0.25) is 10.1 Å². The summed E-state index contributed by atoms with van der Waals surface area (Å²) in [6.45, 7) is 3.03. The van der Waals surface area contributed by atoms with Crippen LogP contribution in [0.1, 0.15) is 19.8 Å². The topological polar surface area (TPSA) is 55.2 Å². The van der Waals surface area contributed by atoms with E-state index in [1.165, 1.54) is 24.2 Å². The second-order valence-electron chi connectivity index (χ2n) is 4.06. The van der Waals surface area contributed by atoms with Gasteiger partial charge >= 0.3 is 5.00 Å². The Bertz CT molecular complexity index is 357. The smallest absolute Gasteiger partial charge is 0.347 e. The Morgan fingerprint density at radius 1 is 1.71 bits per heavy atom. The molecule has 76 valence electrons. The molecule has 14 heavy (non-hydrogen) atoms. The van der Waals surface area contributed by atoms with Crippen molar-refractivity contribution >= 4 is 22.0 Å². The van der Waals surface area contributed by atoms with Crippen molar-refractivity contribution in [2.75, 3.05) is 11.9 Å². The largest absolute Gasteiger partial charge is 0.378 e. The zero-order valence-electron chi connectivity index (χ0n) is 7.95. The molecule has 0 radical (unpaired) electrons. The van der Waals surface area contributed by atoms with Crippen LogP contribution in [0.4, 0.5) is 10.7 Å². The fourth-order valence-electron chi connectivity index (χ4n) is 1.28. The molecule has 0 spiro atoms. The lowest BCUT2D eigenvalue weighted by Gasteiger charge is -2.08. The molecule has 1 aromatic rings. The first-order chi connectivity index (χ1) is 6.61. The highest BCUT2D eigenvalue weighted by atomic mass is 32.1.